The van der Waals surface area contributed by atoms with Crippen molar-refractivity contribution >= 4 is 0 Å². The van der Waals surface area contributed by atoms with Crippen LogP contribution in [0.4, 0.5) is 8.78 Å². The van der Waals surface area contributed by atoms with Gasteiger partial charge in [-0.05, 0) is 36.0 Å². The van der Waals surface area contributed by atoms with Crippen LogP contribution in [-0.4, -0.2) is 18.3 Å². The van der Waals surface area contributed by atoms with E-state index in [4.69, 9.17) is 0 Å². The highest BCUT2D eigenvalue weighted by molar-refractivity contribution is 5.45. The summed E-state index contributed by atoms with van der Waals surface area (Å²) >= 11 is 0. The highest BCUT2D eigenvalue weighted by Gasteiger charge is 2.61. The molecule has 1 aliphatic carbocycles. The number of aryl methyl sites for hydroxylation is 1. The van der Waals surface area contributed by atoms with Crippen molar-refractivity contribution in [1.82, 2.24) is 0 Å². The molecule has 4 heteroatoms. The Morgan fingerprint density at radius 3 is 2.44 bits per heavy atom. The monoisotopic (exact) mass is 256 g/mol. The van der Waals surface area contributed by atoms with Crippen molar-refractivity contribution in [1.29, 1.82) is 0 Å². The maximum Gasteiger partial charge on any atom is 0.387 e. The van der Waals surface area contributed by atoms with Gasteiger partial charge in [-0.1, -0.05) is 26.0 Å². The number of aliphatic hydroxyl groups is 1. The average molecular weight is 256 g/mol. The van der Waals surface area contributed by atoms with E-state index in [1.54, 1.807) is 19.1 Å². The largest absolute Gasteiger partial charge is 0.435 e. The van der Waals surface area contributed by atoms with Gasteiger partial charge < -0.3 is 9.84 Å². The van der Waals surface area contributed by atoms with Crippen LogP contribution in [0.1, 0.15) is 31.4 Å². The molecule has 0 bridgehead atoms. The molecule has 1 aromatic carbocycles. The first-order valence-electron chi connectivity index (χ1n) is 5.99. The fraction of sp³-hybridized carbons (Fsp3) is 0.571. The highest BCUT2D eigenvalue weighted by Crippen LogP contribution is 2.64. The molecule has 100 valence electrons. The molecule has 0 amide bonds. The number of hydrogen-bond donors (Lipinski definition) is 1. The summed E-state index contributed by atoms with van der Waals surface area (Å²) in [7, 11) is 0. The fourth-order valence-electron chi connectivity index (χ4n) is 2.68. The molecule has 0 spiro atoms. The van der Waals surface area contributed by atoms with Crippen molar-refractivity contribution in [3.05, 3.63) is 29.3 Å². The standard InChI is InChI=1S/C14H18F2O2/c1-9-4-5-10(6-11(9)18-12(15)16)14(8-17)7-13(14,2)3/h4-6,12,17H,7-8H2,1-3H3. The first-order valence-corrected chi connectivity index (χ1v) is 5.99. The second-order valence-corrected chi connectivity index (χ2v) is 5.66. The molecule has 1 unspecified atom stereocenters. The van der Waals surface area contributed by atoms with Crippen molar-refractivity contribution in [2.75, 3.05) is 6.61 Å². The molecule has 0 aliphatic heterocycles. The van der Waals surface area contributed by atoms with Crippen LogP contribution < -0.4 is 4.74 Å². The minimum absolute atomic E-state index is 0.000884. The Labute approximate surface area is 106 Å². The summed E-state index contributed by atoms with van der Waals surface area (Å²) in [6.07, 6.45) is 0.855. The molecular weight excluding hydrogens is 238 g/mol. The van der Waals surface area contributed by atoms with Gasteiger partial charge in [-0.3, -0.25) is 0 Å². The molecule has 1 atom stereocenters. The van der Waals surface area contributed by atoms with Gasteiger partial charge in [0.25, 0.3) is 0 Å². The molecule has 0 saturated heterocycles. The van der Waals surface area contributed by atoms with Gasteiger partial charge in [-0.25, -0.2) is 0 Å². The van der Waals surface area contributed by atoms with Crippen LogP contribution in [-0.2, 0) is 5.41 Å². The maximum atomic E-state index is 12.3. The number of ether oxygens (including phenoxy) is 1. The summed E-state index contributed by atoms with van der Waals surface area (Å²) in [6.45, 7) is 3.06. The Kier molecular flexibility index (Phi) is 3.09. The van der Waals surface area contributed by atoms with Crippen LogP contribution >= 0.6 is 0 Å². The number of alkyl halides is 2. The van der Waals surface area contributed by atoms with E-state index in [9.17, 15) is 13.9 Å². The van der Waals surface area contributed by atoms with Crippen LogP contribution in [0.2, 0.25) is 0 Å². The molecule has 1 aliphatic rings. The summed E-state index contributed by atoms with van der Waals surface area (Å²) in [5, 5.41) is 9.60. The lowest BCUT2D eigenvalue weighted by Crippen LogP contribution is -2.19. The van der Waals surface area contributed by atoms with Crippen LogP contribution in [0.25, 0.3) is 0 Å². The first kappa shape index (κ1) is 13.3. The predicted octanol–water partition coefficient (Wildman–Crippen LogP) is 3.26. The Morgan fingerprint density at radius 1 is 1.39 bits per heavy atom. The zero-order chi connectivity index (χ0) is 13.6. The number of hydrogen-bond acceptors (Lipinski definition) is 2. The van der Waals surface area contributed by atoms with Crippen molar-refractivity contribution in [3.63, 3.8) is 0 Å². The van der Waals surface area contributed by atoms with E-state index in [-0.39, 0.29) is 23.2 Å². The summed E-state index contributed by atoms with van der Waals surface area (Å²) in [6, 6.07) is 5.28. The summed E-state index contributed by atoms with van der Waals surface area (Å²) in [5.41, 5.74) is 1.22. The predicted molar refractivity (Wildman–Crippen MR) is 65.0 cm³/mol. The molecule has 1 aromatic rings. The van der Waals surface area contributed by atoms with Gasteiger partial charge in [0.15, 0.2) is 0 Å². The van der Waals surface area contributed by atoms with Gasteiger partial charge in [0.1, 0.15) is 5.75 Å². The van der Waals surface area contributed by atoms with E-state index in [2.05, 4.69) is 18.6 Å². The zero-order valence-electron chi connectivity index (χ0n) is 10.8. The summed E-state index contributed by atoms with van der Waals surface area (Å²) in [4.78, 5) is 0. The minimum Gasteiger partial charge on any atom is -0.435 e. The second-order valence-electron chi connectivity index (χ2n) is 5.66. The first-order chi connectivity index (χ1) is 8.32. The molecule has 0 aromatic heterocycles. The van der Waals surface area contributed by atoms with Crippen LogP contribution in [0.15, 0.2) is 18.2 Å². The Balaban J connectivity index is 2.36. The molecular formula is C14H18F2O2. The minimum atomic E-state index is -2.82. The lowest BCUT2D eigenvalue weighted by atomic mass is 9.88. The van der Waals surface area contributed by atoms with Gasteiger partial charge in [0, 0.05) is 5.41 Å². The number of rotatable bonds is 4. The number of aliphatic hydroxyl groups excluding tert-OH is 1. The maximum absolute atomic E-state index is 12.3. The third-order valence-corrected chi connectivity index (χ3v) is 4.14. The van der Waals surface area contributed by atoms with E-state index < -0.39 is 6.61 Å². The molecule has 0 radical (unpaired) electrons. The normalized spacial score (nSPS) is 25.3. The average Bonchev–Trinajstić information content (AvgIpc) is 2.85. The lowest BCUT2D eigenvalue weighted by molar-refractivity contribution is -0.0503. The van der Waals surface area contributed by atoms with Gasteiger partial charge in [0.05, 0.1) is 6.61 Å². The molecule has 1 saturated carbocycles. The third kappa shape index (κ3) is 1.99. The third-order valence-electron chi connectivity index (χ3n) is 4.14. The quantitative estimate of drug-likeness (QED) is 0.896. The molecule has 1 fully saturated rings. The van der Waals surface area contributed by atoms with Gasteiger partial charge in [-0.15, -0.1) is 0 Å². The zero-order valence-corrected chi connectivity index (χ0v) is 10.8. The van der Waals surface area contributed by atoms with E-state index in [1.807, 2.05) is 6.07 Å². The SMILES string of the molecule is Cc1ccc(C2(CO)CC2(C)C)cc1OC(F)F. The molecule has 2 rings (SSSR count). The Bertz CT molecular complexity index is 457. The van der Waals surface area contributed by atoms with E-state index in [1.165, 1.54) is 0 Å². The Hall–Kier alpha value is -1.16. The fourth-order valence-corrected chi connectivity index (χ4v) is 2.68. The van der Waals surface area contributed by atoms with Crippen LogP contribution in [0.5, 0.6) is 5.75 Å². The lowest BCUT2D eigenvalue weighted by Gasteiger charge is -2.20. The van der Waals surface area contributed by atoms with Crippen molar-refractivity contribution < 1.29 is 18.6 Å². The van der Waals surface area contributed by atoms with Gasteiger partial charge in [0.2, 0.25) is 0 Å². The molecule has 2 nitrogen and oxygen atoms in total. The number of benzene rings is 1. The van der Waals surface area contributed by atoms with E-state index in [0.29, 0.717) is 5.56 Å². The topological polar surface area (TPSA) is 29.5 Å². The smallest absolute Gasteiger partial charge is 0.387 e. The Morgan fingerprint density at radius 2 is 2.00 bits per heavy atom. The molecule has 1 N–H and O–H groups in total. The summed E-state index contributed by atoms with van der Waals surface area (Å²) < 4.78 is 29.1. The highest BCUT2D eigenvalue weighted by atomic mass is 19.3. The summed E-state index contributed by atoms with van der Waals surface area (Å²) in [5.74, 6) is 0.193. The van der Waals surface area contributed by atoms with Crippen LogP contribution in [0.3, 0.4) is 0 Å². The molecule has 0 heterocycles. The molecule has 18 heavy (non-hydrogen) atoms. The van der Waals surface area contributed by atoms with E-state index >= 15 is 0 Å². The van der Waals surface area contributed by atoms with Crippen molar-refractivity contribution in [2.24, 2.45) is 5.41 Å². The van der Waals surface area contributed by atoms with Crippen molar-refractivity contribution in [3.8, 4) is 5.75 Å². The second kappa shape index (κ2) is 4.19. The van der Waals surface area contributed by atoms with E-state index in [0.717, 1.165) is 12.0 Å². The van der Waals surface area contributed by atoms with Gasteiger partial charge >= 0.3 is 6.61 Å². The van der Waals surface area contributed by atoms with Crippen LogP contribution in [0, 0.1) is 12.3 Å². The van der Waals surface area contributed by atoms with Gasteiger partial charge in [-0.2, -0.15) is 8.78 Å². The number of halogens is 2. The van der Waals surface area contributed by atoms with Crippen molar-refractivity contribution in [2.45, 2.75) is 39.2 Å².